The Balaban J connectivity index is 1.97. The molecule has 0 N–H and O–H groups in total. The number of aromatic nitrogens is 1. The number of nitrogens with zero attached hydrogens (tertiary/aromatic N) is 3. The molecule has 1 aromatic heterocycles. The van der Waals surface area contributed by atoms with Gasteiger partial charge in [0.25, 0.3) is 0 Å². The SMILES string of the molecule is CN1CCN(C)C(COc2cccc(C(F)(F)F)n2)C1. The number of piperazine rings is 1. The van der Waals surface area contributed by atoms with Crippen LogP contribution in [-0.4, -0.2) is 61.2 Å². The van der Waals surface area contributed by atoms with Crippen molar-refractivity contribution in [3.8, 4) is 5.88 Å². The second-order valence-electron chi connectivity index (χ2n) is 5.07. The molecule has 1 fully saturated rings. The van der Waals surface area contributed by atoms with Gasteiger partial charge in [-0.2, -0.15) is 13.2 Å². The van der Waals surface area contributed by atoms with Gasteiger partial charge in [0.2, 0.25) is 5.88 Å². The molecule has 0 spiro atoms. The van der Waals surface area contributed by atoms with Crippen molar-refractivity contribution in [1.29, 1.82) is 0 Å². The minimum absolute atomic E-state index is 0.0152. The Kier molecular flexibility index (Phi) is 4.49. The summed E-state index contributed by atoms with van der Waals surface area (Å²) in [6.45, 7) is 3.06. The molecule has 0 aromatic carbocycles. The Morgan fingerprint density at radius 3 is 2.75 bits per heavy atom. The summed E-state index contributed by atoms with van der Waals surface area (Å²) in [5.41, 5.74) is -0.927. The fraction of sp³-hybridized carbons (Fsp3) is 0.615. The van der Waals surface area contributed by atoms with Gasteiger partial charge in [0, 0.05) is 25.7 Å². The average molecular weight is 289 g/mol. The van der Waals surface area contributed by atoms with Crippen LogP contribution in [0.1, 0.15) is 5.69 Å². The zero-order valence-electron chi connectivity index (χ0n) is 11.5. The van der Waals surface area contributed by atoms with Gasteiger partial charge in [0.05, 0.1) is 6.04 Å². The maximum atomic E-state index is 12.5. The third-order valence-corrected chi connectivity index (χ3v) is 3.42. The monoisotopic (exact) mass is 289 g/mol. The zero-order valence-corrected chi connectivity index (χ0v) is 11.5. The van der Waals surface area contributed by atoms with E-state index < -0.39 is 11.9 Å². The van der Waals surface area contributed by atoms with Crippen LogP contribution in [0, 0.1) is 0 Å². The summed E-state index contributed by atoms with van der Waals surface area (Å²) in [5.74, 6) is 0.0152. The van der Waals surface area contributed by atoms with Crippen LogP contribution in [-0.2, 0) is 6.18 Å². The van der Waals surface area contributed by atoms with Crippen molar-refractivity contribution in [3.63, 3.8) is 0 Å². The number of likely N-dealkylation sites (N-methyl/N-ethyl adjacent to an activating group) is 2. The highest BCUT2D eigenvalue weighted by Gasteiger charge is 2.32. The Hall–Kier alpha value is -1.34. The van der Waals surface area contributed by atoms with E-state index >= 15 is 0 Å². The summed E-state index contributed by atoms with van der Waals surface area (Å²) in [4.78, 5) is 7.81. The van der Waals surface area contributed by atoms with Gasteiger partial charge in [0.1, 0.15) is 12.3 Å². The predicted molar refractivity (Wildman–Crippen MR) is 68.6 cm³/mol. The minimum atomic E-state index is -4.44. The van der Waals surface area contributed by atoms with Gasteiger partial charge in [0.15, 0.2) is 0 Å². The summed E-state index contributed by atoms with van der Waals surface area (Å²) in [6.07, 6.45) is -4.44. The largest absolute Gasteiger partial charge is 0.476 e. The van der Waals surface area contributed by atoms with Crippen molar-refractivity contribution in [1.82, 2.24) is 14.8 Å². The van der Waals surface area contributed by atoms with E-state index in [0.29, 0.717) is 6.61 Å². The summed E-state index contributed by atoms with van der Waals surface area (Å²) in [7, 11) is 4.00. The van der Waals surface area contributed by atoms with E-state index in [9.17, 15) is 13.2 Å². The molecule has 20 heavy (non-hydrogen) atoms. The maximum absolute atomic E-state index is 12.5. The number of hydrogen-bond donors (Lipinski definition) is 0. The zero-order chi connectivity index (χ0) is 14.8. The number of halogens is 3. The Morgan fingerprint density at radius 1 is 1.30 bits per heavy atom. The molecule has 2 heterocycles. The lowest BCUT2D eigenvalue weighted by molar-refractivity contribution is -0.141. The highest BCUT2D eigenvalue weighted by molar-refractivity contribution is 5.17. The van der Waals surface area contributed by atoms with Crippen molar-refractivity contribution >= 4 is 0 Å². The lowest BCUT2D eigenvalue weighted by Gasteiger charge is -2.37. The van der Waals surface area contributed by atoms with Gasteiger partial charge in [-0.15, -0.1) is 0 Å². The van der Waals surface area contributed by atoms with Crippen molar-refractivity contribution in [3.05, 3.63) is 23.9 Å². The maximum Gasteiger partial charge on any atom is 0.433 e. The molecular weight excluding hydrogens is 271 g/mol. The number of rotatable bonds is 3. The third-order valence-electron chi connectivity index (χ3n) is 3.42. The lowest BCUT2D eigenvalue weighted by atomic mass is 10.2. The fourth-order valence-electron chi connectivity index (χ4n) is 2.12. The van der Waals surface area contributed by atoms with E-state index in [4.69, 9.17) is 4.74 Å². The minimum Gasteiger partial charge on any atom is -0.476 e. The highest BCUT2D eigenvalue weighted by atomic mass is 19.4. The van der Waals surface area contributed by atoms with Crippen LogP contribution in [0.3, 0.4) is 0 Å². The van der Waals surface area contributed by atoms with E-state index in [1.165, 1.54) is 12.1 Å². The normalized spacial score (nSPS) is 21.9. The molecule has 112 valence electrons. The second kappa shape index (κ2) is 5.97. The standard InChI is InChI=1S/C13H18F3N3O/c1-18-6-7-19(2)10(8-18)9-20-12-5-3-4-11(17-12)13(14,15)16/h3-5,10H,6-9H2,1-2H3. The van der Waals surface area contributed by atoms with Crippen LogP contribution in [0.5, 0.6) is 5.88 Å². The van der Waals surface area contributed by atoms with E-state index in [1.807, 2.05) is 14.1 Å². The number of alkyl halides is 3. The number of hydrogen-bond acceptors (Lipinski definition) is 4. The quantitative estimate of drug-likeness (QED) is 0.847. The van der Waals surface area contributed by atoms with Crippen molar-refractivity contribution < 1.29 is 17.9 Å². The number of ether oxygens (including phenoxy) is 1. The molecule has 0 amide bonds. The van der Waals surface area contributed by atoms with Crippen LogP contribution >= 0.6 is 0 Å². The van der Waals surface area contributed by atoms with Gasteiger partial charge in [-0.25, -0.2) is 4.98 Å². The molecule has 4 nitrogen and oxygen atoms in total. The van der Waals surface area contributed by atoms with Crippen LogP contribution in [0.25, 0.3) is 0 Å². The van der Waals surface area contributed by atoms with Crippen LogP contribution in [0.15, 0.2) is 18.2 Å². The molecule has 1 aromatic rings. The smallest absolute Gasteiger partial charge is 0.433 e. The van der Waals surface area contributed by atoms with Gasteiger partial charge in [-0.1, -0.05) is 6.07 Å². The van der Waals surface area contributed by atoms with Crippen LogP contribution in [0.2, 0.25) is 0 Å². The summed E-state index contributed by atoms with van der Waals surface area (Å²) in [5, 5.41) is 0. The predicted octanol–water partition coefficient (Wildman–Crippen LogP) is 1.72. The van der Waals surface area contributed by atoms with Crippen molar-refractivity contribution in [2.75, 3.05) is 40.3 Å². The molecule has 1 aliphatic rings. The summed E-state index contributed by atoms with van der Waals surface area (Å²) in [6, 6.07) is 3.85. The van der Waals surface area contributed by atoms with E-state index in [-0.39, 0.29) is 11.9 Å². The molecule has 1 unspecified atom stereocenters. The Labute approximate surface area is 116 Å². The highest BCUT2D eigenvalue weighted by Crippen LogP contribution is 2.28. The van der Waals surface area contributed by atoms with Gasteiger partial charge in [-0.3, -0.25) is 4.90 Å². The van der Waals surface area contributed by atoms with Crippen LogP contribution < -0.4 is 4.74 Å². The van der Waals surface area contributed by atoms with E-state index in [1.54, 1.807) is 0 Å². The first kappa shape index (κ1) is 15.1. The van der Waals surface area contributed by atoms with Gasteiger partial charge < -0.3 is 9.64 Å². The molecule has 1 aliphatic heterocycles. The molecule has 0 radical (unpaired) electrons. The average Bonchev–Trinajstić information content (AvgIpc) is 2.39. The number of pyridine rings is 1. The van der Waals surface area contributed by atoms with Crippen molar-refractivity contribution in [2.45, 2.75) is 12.2 Å². The Morgan fingerprint density at radius 2 is 2.05 bits per heavy atom. The van der Waals surface area contributed by atoms with E-state index in [0.717, 1.165) is 25.7 Å². The molecule has 0 saturated carbocycles. The van der Waals surface area contributed by atoms with E-state index in [2.05, 4.69) is 14.8 Å². The first-order chi connectivity index (χ1) is 9.36. The molecule has 2 rings (SSSR count). The lowest BCUT2D eigenvalue weighted by Crippen LogP contribution is -2.52. The van der Waals surface area contributed by atoms with Gasteiger partial charge >= 0.3 is 6.18 Å². The van der Waals surface area contributed by atoms with Crippen molar-refractivity contribution in [2.24, 2.45) is 0 Å². The second-order valence-corrected chi connectivity index (χ2v) is 5.07. The third kappa shape index (κ3) is 3.83. The fourth-order valence-corrected chi connectivity index (χ4v) is 2.12. The molecule has 0 bridgehead atoms. The molecule has 0 aliphatic carbocycles. The molecule has 1 saturated heterocycles. The topological polar surface area (TPSA) is 28.6 Å². The summed E-state index contributed by atoms with van der Waals surface area (Å²) < 4.78 is 43.1. The first-order valence-corrected chi connectivity index (χ1v) is 6.42. The van der Waals surface area contributed by atoms with Crippen LogP contribution in [0.4, 0.5) is 13.2 Å². The first-order valence-electron chi connectivity index (χ1n) is 6.42. The Bertz CT molecular complexity index is 453. The molecule has 1 atom stereocenters. The summed E-state index contributed by atoms with van der Waals surface area (Å²) >= 11 is 0. The van der Waals surface area contributed by atoms with Gasteiger partial charge in [-0.05, 0) is 20.2 Å². The molecule has 7 heteroatoms. The molecular formula is C13H18F3N3O.